The van der Waals surface area contributed by atoms with Crippen LogP contribution in [-0.4, -0.2) is 18.0 Å². The van der Waals surface area contributed by atoms with E-state index in [1.54, 1.807) is 0 Å². The summed E-state index contributed by atoms with van der Waals surface area (Å²) in [5, 5.41) is 2.68. The second kappa shape index (κ2) is 7.27. The van der Waals surface area contributed by atoms with Gasteiger partial charge in [-0.25, -0.2) is 4.79 Å². The second-order valence-corrected chi connectivity index (χ2v) is 7.18. The van der Waals surface area contributed by atoms with Crippen LogP contribution in [0.15, 0.2) is 53.0 Å². The van der Waals surface area contributed by atoms with Crippen molar-refractivity contribution in [1.82, 2.24) is 5.32 Å². The number of amides is 3. The number of para-hydroxylation sites is 1. The molecule has 6 heteroatoms. The zero-order valence-corrected chi connectivity index (χ0v) is 15.5. The minimum Gasteiger partial charge on any atom is -0.352 e. The summed E-state index contributed by atoms with van der Waals surface area (Å²) in [6.07, 6.45) is 0.997. The first-order valence-corrected chi connectivity index (χ1v) is 8.96. The zero-order chi connectivity index (χ0) is 18.0. The number of hydrogen-bond acceptors (Lipinski definition) is 2. The summed E-state index contributed by atoms with van der Waals surface area (Å²) in [5.41, 5.74) is 8.28. The van der Waals surface area contributed by atoms with Gasteiger partial charge < -0.3 is 16.0 Å². The van der Waals surface area contributed by atoms with Crippen LogP contribution in [0.1, 0.15) is 30.5 Å². The summed E-state index contributed by atoms with van der Waals surface area (Å²) in [4.78, 5) is 26.2. The molecule has 0 fully saturated rings. The van der Waals surface area contributed by atoms with Gasteiger partial charge in [0.05, 0.1) is 12.5 Å². The summed E-state index contributed by atoms with van der Waals surface area (Å²) in [5.74, 6) is -0.0286. The normalized spacial score (nSPS) is 17.0. The molecule has 0 aromatic heterocycles. The smallest absolute Gasteiger partial charge is 0.312 e. The lowest BCUT2D eigenvalue weighted by atomic mass is 10.0. The molecule has 25 heavy (non-hydrogen) atoms. The number of anilines is 1. The van der Waals surface area contributed by atoms with Gasteiger partial charge in [-0.2, -0.15) is 0 Å². The van der Waals surface area contributed by atoms with Crippen LogP contribution in [0, 0.1) is 0 Å². The fourth-order valence-electron chi connectivity index (χ4n) is 3.34. The molecular weight excluding hydrogens is 382 g/mol. The average molecular weight is 402 g/mol. The molecule has 0 aliphatic carbocycles. The molecule has 3 rings (SSSR count). The van der Waals surface area contributed by atoms with Gasteiger partial charge >= 0.3 is 6.03 Å². The van der Waals surface area contributed by atoms with Gasteiger partial charge in [-0.1, -0.05) is 46.3 Å². The Hall–Kier alpha value is -2.34. The van der Waals surface area contributed by atoms with Gasteiger partial charge in [0, 0.05) is 16.2 Å². The SMILES string of the molecule is C[C@@H]1Cc2ccccc2N1C(=O)C[C@@H](NC(N)=O)c1ccc(Br)cc1. The number of carbonyl (C=O) groups is 2. The van der Waals surface area contributed by atoms with Crippen molar-refractivity contribution in [2.45, 2.75) is 31.8 Å². The number of rotatable bonds is 4. The summed E-state index contributed by atoms with van der Waals surface area (Å²) in [6.45, 7) is 2.04. The molecule has 1 heterocycles. The van der Waals surface area contributed by atoms with Crippen molar-refractivity contribution in [2.75, 3.05) is 4.90 Å². The van der Waals surface area contributed by atoms with Gasteiger partial charge in [0.15, 0.2) is 0 Å². The van der Waals surface area contributed by atoms with Gasteiger partial charge in [-0.3, -0.25) is 4.79 Å². The molecule has 0 unspecified atom stereocenters. The number of urea groups is 1. The Labute approximate surface area is 155 Å². The van der Waals surface area contributed by atoms with E-state index in [4.69, 9.17) is 5.73 Å². The van der Waals surface area contributed by atoms with Crippen LogP contribution < -0.4 is 16.0 Å². The van der Waals surface area contributed by atoms with Gasteiger partial charge in [0.25, 0.3) is 0 Å². The van der Waals surface area contributed by atoms with E-state index in [2.05, 4.69) is 21.2 Å². The number of fused-ring (bicyclic) bond motifs is 1. The summed E-state index contributed by atoms with van der Waals surface area (Å²) in [6, 6.07) is 14.4. The minimum atomic E-state index is -0.643. The molecule has 0 saturated heterocycles. The van der Waals surface area contributed by atoms with Crippen molar-refractivity contribution in [1.29, 1.82) is 0 Å². The fourth-order valence-corrected chi connectivity index (χ4v) is 3.60. The summed E-state index contributed by atoms with van der Waals surface area (Å²) >= 11 is 3.39. The molecule has 0 saturated carbocycles. The standard InChI is InChI=1S/C19H20BrN3O2/c1-12-10-14-4-2-3-5-17(14)23(12)18(24)11-16(22-19(21)25)13-6-8-15(20)9-7-13/h2-9,12,16H,10-11H2,1H3,(H3,21,22,25)/t12-,16-/m1/s1. The van der Waals surface area contributed by atoms with E-state index in [0.717, 1.165) is 22.1 Å². The minimum absolute atomic E-state index is 0.0286. The number of nitrogens with one attached hydrogen (secondary N) is 1. The summed E-state index contributed by atoms with van der Waals surface area (Å²) < 4.78 is 0.933. The van der Waals surface area contributed by atoms with Gasteiger partial charge in [0.1, 0.15) is 0 Å². The Bertz CT molecular complexity index is 792. The van der Waals surface area contributed by atoms with Crippen LogP contribution in [0.5, 0.6) is 0 Å². The molecule has 3 N–H and O–H groups in total. The number of nitrogens with zero attached hydrogens (tertiary/aromatic N) is 1. The number of primary amides is 1. The second-order valence-electron chi connectivity index (χ2n) is 6.26. The third kappa shape index (κ3) is 3.85. The first-order chi connectivity index (χ1) is 12.0. The topological polar surface area (TPSA) is 75.4 Å². The Morgan fingerprint density at radius 1 is 1.24 bits per heavy atom. The van der Waals surface area contributed by atoms with Crippen molar-refractivity contribution in [3.8, 4) is 0 Å². The van der Waals surface area contributed by atoms with Gasteiger partial charge in [-0.15, -0.1) is 0 Å². The first-order valence-electron chi connectivity index (χ1n) is 8.17. The van der Waals surface area contributed by atoms with Crippen LogP contribution in [0.4, 0.5) is 10.5 Å². The molecule has 1 aliphatic rings. The molecule has 5 nitrogen and oxygen atoms in total. The van der Waals surface area contributed by atoms with Crippen molar-refractivity contribution in [3.05, 3.63) is 64.1 Å². The third-order valence-corrected chi connectivity index (χ3v) is 4.97. The largest absolute Gasteiger partial charge is 0.352 e. The van der Waals surface area contributed by atoms with E-state index in [9.17, 15) is 9.59 Å². The number of halogens is 1. The molecule has 2 aromatic carbocycles. The lowest BCUT2D eigenvalue weighted by Gasteiger charge is -2.26. The van der Waals surface area contributed by atoms with E-state index >= 15 is 0 Å². The molecule has 0 spiro atoms. The van der Waals surface area contributed by atoms with Crippen molar-refractivity contribution < 1.29 is 9.59 Å². The number of nitrogens with two attached hydrogens (primary N) is 1. The Kier molecular flexibility index (Phi) is 5.08. The Morgan fingerprint density at radius 3 is 2.60 bits per heavy atom. The lowest BCUT2D eigenvalue weighted by Crippen LogP contribution is -2.40. The van der Waals surface area contributed by atoms with Crippen LogP contribution in [0.25, 0.3) is 0 Å². The van der Waals surface area contributed by atoms with E-state index < -0.39 is 12.1 Å². The maximum atomic E-state index is 13.0. The Balaban J connectivity index is 1.83. The fraction of sp³-hybridized carbons (Fsp3) is 0.263. The van der Waals surface area contributed by atoms with Crippen molar-refractivity contribution in [3.63, 3.8) is 0 Å². The van der Waals surface area contributed by atoms with Gasteiger partial charge in [0.2, 0.25) is 5.91 Å². The maximum Gasteiger partial charge on any atom is 0.312 e. The Morgan fingerprint density at radius 2 is 1.92 bits per heavy atom. The molecule has 0 bridgehead atoms. The summed E-state index contributed by atoms with van der Waals surface area (Å²) in [7, 11) is 0. The number of carbonyl (C=O) groups excluding carboxylic acids is 2. The maximum absolute atomic E-state index is 13.0. The molecule has 2 atom stereocenters. The van der Waals surface area contributed by atoms with Gasteiger partial charge in [-0.05, 0) is 42.7 Å². The highest BCUT2D eigenvalue weighted by Crippen LogP contribution is 2.33. The average Bonchev–Trinajstić information content (AvgIpc) is 2.90. The van der Waals surface area contributed by atoms with E-state index in [1.807, 2.05) is 60.4 Å². The molecule has 0 radical (unpaired) electrons. The van der Waals surface area contributed by atoms with Crippen LogP contribution >= 0.6 is 15.9 Å². The molecule has 2 aromatic rings. The van der Waals surface area contributed by atoms with Crippen molar-refractivity contribution in [2.24, 2.45) is 5.73 Å². The monoisotopic (exact) mass is 401 g/mol. The number of hydrogen-bond donors (Lipinski definition) is 2. The highest BCUT2D eigenvalue weighted by Gasteiger charge is 2.32. The molecule has 1 aliphatic heterocycles. The van der Waals surface area contributed by atoms with Crippen molar-refractivity contribution >= 4 is 33.6 Å². The lowest BCUT2D eigenvalue weighted by molar-refractivity contribution is -0.119. The molecule has 130 valence electrons. The molecular formula is C19H20BrN3O2. The third-order valence-electron chi connectivity index (χ3n) is 4.44. The predicted octanol–water partition coefficient (Wildman–Crippen LogP) is 3.53. The highest BCUT2D eigenvalue weighted by atomic mass is 79.9. The van der Waals surface area contributed by atoms with Crippen LogP contribution in [-0.2, 0) is 11.2 Å². The number of benzene rings is 2. The molecule has 3 amide bonds. The van der Waals surface area contributed by atoms with E-state index in [0.29, 0.717) is 0 Å². The highest BCUT2D eigenvalue weighted by molar-refractivity contribution is 9.10. The first kappa shape index (κ1) is 17.5. The van der Waals surface area contributed by atoms with E-state index in [1.165, 1.54) is 5.56 Å². The zero-order valence-electron chi connectivity index (χ0n) is 13.9. The van der Waals surface area contributed by atoms with Crippen LogP contribution in [0.2, 0.25) is 0 Å². The van der Waals surface area contributed by atoms with E-state index in [-0.39, 0.29) is 18.4 Å². The van der Waals surface area contributed by atoms with Crippen LogP contribution in [0.3, 0.4) is 0 Å². The quantitative estimate of drug-likeness (QED) is 0.821. The predicted molar refractivity (Wildman–Crippen MR) is 101 cm³/mol.